The van der Waals surface area contributed by atoms with Crippen molar-refractivity contribution >= 4 is 23.6 Å². The highest BCUT2D eigenvalue weighted by atomic mass is 19.4. The van der Waals surface area contributed by atoms with E-state index in [1.54, 1.807) is 4.90 Å². The SMILES string of the molecule is CC(=N)OC1=N[C@@H]2COCCN2c2cc(=O)n3c(n2)N(C1)[C@H](C(F)(F)F)CC3. The standard InChI is InChI=1S/C16H19F3N6O3/c1-9(20)28-13-7-25-10(16(17,18)19)2-3-24-14(26)6-11(22-15(24)25)23-4-5-27-8-12(23)21-13/h6,10,12,20H,2-5,7-8H2,1H3/t10-,12-/m0/s1. The number of hydrogen-bond acceptors (Lipinski definition) is 8. The van der Waals surface area contributed by atoms with Gasteiger partial charge in [0.15, 0.2) is 5.90 Å². The van der Waals surface area contributed by atoms with Gasteiger partial charge < -0.3 is 19.3 Å². The van der Waals surface area contributed by atoms with Crippen LogP contribution in [0.2, 0.25) is 0 Å². The highest BCUT2D eigenvalue weighted by molar-refractivity contribution is 5.92. The number of nitrogens with zero attached hydrogens (tertiary/aromatic N) is 5. The van der Waals surface area contributed by atoms with E-state index in [9.17, 15) is 18.0 Å². The first-order valence-electron chi connectivity index (χ1n) is 8.83. The summed E-state index contributed by atoms with van der Waals surface area (Å²) in [5.41, 5.74) is -0.413. The summed E-state index contributed by atoms with van der Waals surface area (Å²) in [7, 11) is 0. The van der Waals surface area contributed by atoms with Crippen molar-refractivity contribution in [3.63, 3.8) is 0 Å². The molecule has 1 fully saturated rings. The fraction of sp³-hybridized carbons (Fsp3) is 0.625. The van der Waals surface area contributed by atoms with Crippen molar-refractivity contribution in [3.05, 3.63) is 16.4 Å². The van der Waals surface area contributed by atoms with Gasteiger partial charge in [0.1, 0.15) is 18.0 Å². The molecule has 0 saturated carbocycles. The van der Waals surface area contributed by atoms with Gasteiger partial charge in [0.25, 0.3) is 5.56 Å². The van der Waals surface area contributed by atoms with Crippen molar-refractivity contribution in [1.82, 2.24) is 9.55 Å². The second-order valence-electron chi connectivity index (χ2n) is 6.81. The monoisotopic (exact) mass is 400 g/mol. The van der Waals surface area contributed by atoms with E-state index in [4.69, 9.17) is 14.9 Å². The molecule has 4 heterocycles. The van der Waals surface area contributed by atoms with Gasteiger partial charge in [0.2, 0.25) is 11.8 Å². The predicted molar refractivity (Wildman–Crippen MR) is 94.2 cm³/mol. The first-order chi connectivity index (χ1) is 13.2. The molecule has 152 valence electrons. The van der Waals surface area contributed by atoms with Crippen LogP contribution in [0.25, 0.3) is 0 Å². The lowest BCUT2D eigenvalue weighted by molar-refractivity contribution is -0.152. The summed E-state index contributed by atoms with van der Waals surface area (Å²) in [4.78, 5) is 24.1. The van der Waals surface area contributed by atoms with E-state index in [0.29, 0.717) is 13.2 Å². The van der Waals surface area contributed by atoms with Crippen LogP contribution < -0.4 is 15.4 Å². The molecule has 0 radical (unpaired) electrons. The zero-order valence-corrected chi connectivity index (χ0v) is 15.1. The van der Waals surface area contributed by atoms with Crippen molar-refractivity contribution in [2.24, 2.45) is 4.99 Å². The summed E-state index contributed by atoms with van der Waals surface area (Å²) in [5.74, 6) is -0.0533. The fourth-order valence-electron chi connectivity index (χ4n) is 3.68. The lowest BCUT2D eigenvalue weighted by Crippen LogP contribution is -2.54. The van der Waals surface area contributed by atoms with Crippen LogP contribution in [0.15, 0.2) is 15.9 Å². The van der Waals surface area contributed by atoms with Crippen molar-refractivity contribution in [1.29, 1.82) is 5.41 Å². The Kier molecular flexibility index (Phi) is 4.52. The maximum Gasteiger partial charge on any atom is 0.408 e. The number of fused-ring (bicyclic) bond motifs is 3. The highest BCUT2D eigenvalue weighted by Crippen LogP contribution is 2.35. The number of alkyl halides is 3. The minimum Gasteiger partial charge on any atom is -0.428 e. The number of hydrogen-bond donors (Lipinski definition) is 1. The molecule has 2 bridgehead atoms. The average molecular weight is 400 g/mol. The average Bonchev–Trinajstić information content (AvgIpc) is 2.65. The Hall–Kier alpha value is -2.63. The number of aromatic nitrogens is 2. The molecule has 3 aliphatic heterocycles. The molecule has 3 aliphatic rings. The van der Waals surface area contributed by atoms with Gasteiger partial charge >= 0.3 is 6.18 Å². The molecule has 2 atom stereocenters. The second-order valence-corrected chi connectivity index (χ2v) is 6.81. The number of anilines is 2. The van der Waals surface area contributed by atoms with Crippen LogP contribution in [-0.4, -0.2) is 66.0 Å². The molecular formula is C16H19F3N6O3. The van der Waals surface area contributed by atoms with E-state index >= 15 is 0 Å². The van der Waals surface area contributed by atoms with Crippen molar-refractivity contribution < 1.29 is 22.6 Å². The molecule has 12 heteroatoms. The smallest absolute Gasteiger partial charge is 0.408 e. The van der Waals surface area contributed by atoms with Gasteiger partial charge in [-0.25, -0.2) is 4.99 Å². The Labute approximate surface area is 157 Å². The number of aliphatic imine (C=N–C) groups is 1. The summed E-state index contributed by atoms with van der Waals surface area (Å²) in [5, 5.41) is 7.58. The second kappa shape index (κ2) is 6.76. The molecule has 28 heavy (non-hydrogen) atoms. The van der Waals surface area contributed by atoms with Crippen LogP contribution in [0.1, 0.15) is 13.3 Å². The van der Waals surface area contributed by atoms with Crippen molar-refractivity contribution in [2.75, 3.05) is 36.1 Å². The van der Waals surface area contributed by atoms with Crippen LogP contribution in [-0.2, 0) is 16.0 Å². The largest absolute Gasteiger partial charge is 0.428 e. The van der Waals surface area contributed by atoms with Crippen LogP contribution in [0.4, 0.5) is 24.9 Å². The van der Waals surface area contributed by atoms with Gasteiger partial charge in [0.05, 0.1) is 19.8 Å². The Bertz CT molecular complexity index is 883. The van der Waals surface area contributed by atoms with Crippen LogP contribution in [0, 0.1) is 5.41 Å². The van der Waals surface area contributed by atoms with Gasteiger partial charge in [-0.2, -0.15) is 18.2 Å². The Morgan fingerprint density at radius 1 is 1.36 bits per heavy atom. The zero-order chi connectivity index (χ0) is 20.1. The minimum atomic E-state index is -4.52. The molecular weight excluding hydrogens is 381 g/mol. The molecule has 1 saturated heterocycles. The number of morpholine rings is 1. The van der Waals surface area contributed by atoms with E-state index in [2.05, 4.69) is 9.98 Å². The third kappa shape index (κ3) is 3.32. The van der Waals surface area contributed by atoms with Gasteiger partial charge in [-0.15, -0.1) is 0 Å². The van der Waals surface area contributed by atoms with Gasteiger partial charge in [-0.05, 0) is 6.42 Å². The zero-order valence-electron chi connectivity index (χ0n) is 15.1. The van der Waals surface area contributed by atoms with E-state index in [1.807, 2.05) is 0 Å². The van der Waals surface area contributed by atoms with Crippen molar-refractivity contribution in [3.8, 4) is 0 Å². The molecule has 1 aromatic heterocycles. The molecule has 0 aliphatic carbocycles. The molecule has 1 N–H and O–H groups in total. The molecule has 0 unspecified atom stereocenters. The van der Waals surface area contributed by atoms with Gasteiger partial charge in [0, 0.05) is 26.1 Å². The first kappa shape index (κ1) is 18.7. The van der Waals surface area contributed by atoms with Crippen LogP contribution >= 0.6 is 0 Å². The lowest BCUT2D eigenvalue weighted by Gasteiger charge is -2.38. The van der Waals surface area contributed by atoms with E-state index in [1.165, 1.54) is 17.6 Å². The quantitative estimate of drug-likeness (QED) is 0.515. The van der Waals surface area contributed by atoms with E-state index in [0.717, 1.165) is 4.90 Å². The third-order valence-corrected chi connectivity index (χ3v) is 4.88. The summed E-state index contributed by atoms with van der Waals surface area (Å²) in [6.07, 6.45) is -5.41. The van der Waals surface area contributed by atoms with Crippen LogP contribution in [0.5, 0.6) is 0 Å². The Morgan fingerprint density at radius 2 is 2.14 bits per heavy atom. The number of nitrogens with one attached hydrogen (secondary N) is 1. The van der Waals surface area contributed by atoms with E-state index in [-0.39, 0.29) is 49.7 Å². The van der Waals surface area contributed by atoms with E-state index < -0.39 is 23.9 Å². The van der Waals surface area contributed by atoms with Gasteiger partial charge in [-0.3, -0.25) is 14.8 Å². The maximum absolute atomic E-state index is 13.7. The lowest BCUT2D eigenvalue weighted by atomic mass is 10.1. The predicted octanol–water partition coefficient (Wildman–Crippen LogP) is 0.973. The summed E-state index contributed by atoms with van der Waals surface area (Å²) >= 11 is 0. The summed E-state index contributed by atoms with van der Waals surface area (Å²) < 4.78 is 53.1. The molecule has 4 rings (SSSR count). The normalized spacial score (nSPS) is 24.5. The molecule has 1 aromatic rings. The van der Waals surface area contributed by atoms with Gasteiger partial charge in [-0.1, -0.05) is 0 Å². The Morgan fingerprint density at radius 3 is 2.86 bits per heavy atom. The fourth-order valence-corrected chi connectivity index (χ4v) is 3.68. The molecule has 0 spiro atoms. The highest BCUT2D eigenvalue weighted by Gasteiger charge is 2.48. The topological polar surface area (TPSA) is 96.0 Å². The van der Waals surface area contributed by atoms with Crippen molar-refractivity contribution in [2.45, 2.75) is 38.3 Å². The maximum atomic E-state index is 13.7. The Balaban J connectivity index is 1.89. The third-order valence-electron chi connectivity index (χ3n) is 4.88. The number of ether oxygens (including phenoxy) is 2. The molecule has 0 amide bonds. The van der Waals surface area contributed by atoms with Crippen LogP contribution in [0.3, 0.4) is 0 Å². The summed E-state index contributed by atoms with van der Waals surface area (Å²) in [6, 6.07) is -0.516. The first-order valence-corrected chi connectivity index (χ1v) is 8.83. The molecule has 0 aromatic carbocycles. The molecule has 9 nitrogen and oxygen atoms in total. The number of rotatable bonds is 0. The number of halogens is 3. The minimum absolute atomic E-state index is 0.0487. The summed E-state index contributed by atoms with van der Waals surface area (Å²) in [6.45, 7) is 1.86.